The number of aryl methyl sites for hydroxylation is 1. The van der Waals surface area contributed by atoms with E-state index in [4.69, 9.17) is 27.9 Å². The summed E-state index contributed by atoms with van der Waals surface area (Å²) < 4.78 is 7.64. The highest BCUT2D eigenvalue weighted by atomic mass is 35.5. The summed E-state index contributed by atoms with van der Waals surface area (Å²) in [6.07, 6.45) is 1.87. The Morgan fingerprint density at radius 2 is 2.00 bits per heavy atom. The summed E-state index contributed by atoms with van der Waals surface area (Å²) in [4.78, 5) is 22.6. The van der Waals surface area contributed by atoms with Crippen LogP contribution in [0.4, 0.5) is 5.69 Å². The third kappa shape index (κ3) is 3.94. The van der Waals surface area contributed by atoms with E-state index in [0.717, 1.165) is 31.5 Å². The quantitative estimate of drug-likeness (QED) is 0.494. The SMILES string of the molecule is CC[C@@H]1CN2c3c(c(=O)n(C)c4ccc(C#N)nc34)OC[C@@H]2CN1[C@@H](CC)c1ccc(Cl)c(Cl)c1. The zero-order chi connectivity index (χ0) is 24.9. The number of benzene rings is 1. The van der Waals surface area contributed by atoms with Crippen molar-refractivity contribution in [3.8, 4) is 11.8 Å². The summed E-state index contributed by atoms with van der Waals surface area (Å²) in [7, 11) is 1.71. The molecular weight excluding hydrogens is 485 g/mol. The number of fused-ring (bicyclic) bond motifs is 5. The summed E-state index contributed by atoms with van der Waals surface area (Å²) in [5.74, 6) is 0.318. The molecule has 0 N–H and O–H groups in total. The molecule has 4 heterocycles. The van der Waals surface area contributed by atoms with Crippen LogP contribution >= 0.6 is 23.2 Å². The molecule has 0 radical (unpaired) electrons. The zero-order valence-electron chi connectivity index (χ0n) is 20.0. The number of rotatable bonds is 4. The average Bonchev–Trinajstić information content (AvgIpc) is 2.88. The maximum absolute atomic E-state index is 13.2. The summed E-state index contributed by atoms with van der Waals surface area (Å²) in [6.45, 7) is 6.29. The molecular formula is C26H27Cl2N5O2. The molecule has 0 bridgehead atoms. The number of nitriles is 1. The van der Waals surface area contributed by atoms with E-state index in [2.05, 4.69) is 40.8 Å². The van der Waals surface area contributed by atoms with Crippen LogP contribution in [0.5, 0.6) is 5.75 Å². The molecule has 2 aromatic heterocycles. The molecule has 35 heavy (non-hydrogen) atoms. The van der Waals surface area contributed by atoms with Gasteiger partial charge in [-0.25, -0.2) is 4.98 Å². The molecule has 182 valence electrons. The second kappa shape index (κ2) is 9.34. The lowest BCUT2D eigenvalue weighted by Gasteiger charge is -2.51. The molecule has 0 aliphatic carbocycles. The van der Waals surface area contributed by atoms with Gasteiger partial charge < -0.3 is 14.2 Å². The minimum absolute atomic E-state index is 0.0463. The van der Waals surface area contributed by atoms with Gasteiger partial charge in [0.05, 0.1) is 21.6 Å². The molecule has 3 atom stereocenters. The topological polar surface area (TPSA) is 74.4 Å². The Bertz CT molecular complexity index is 1400. The van der Waals surface area contributed by atoms with Crippen LogP contribution in [0.1, 0.15) is 44.0 Å². The van der Waals surface area contributed by atoms with Crippen LogP contribution in [-0.2, 0) is 7.05 Å². The number of aromatic nitrogens is 2. The fraction of sp³-hybridized carbons (Fsp3) is 0.423. The molecule has 0 saturated carbocycles. The molecule has 2 aliphatic heterocycles. The number of hydrogen-bond acceptors (Lipinski definition) is 6. The Morgan fingerprint density at radius 1 is 1.20 bits per heavy atom. The van der Waals surface area contributed by atoms with Crippen LogP contribution in [0.2, 0.25) is 10.0 Å². The molecule has 1 aromatic carbocycles. The molecule has 2 aliphatic rings. The van der Waals surface area contributed by atoms with Crippen LogP contribution in [-0.4, -0.2) is 46.2 Å². The summed E-state index contributed by atoms with van der Waals surface area (Å²) >= 11 is 12.5. The van der Waals surface area contributed by atoms with Crippen molar-refractivity contribution < 1.29 is 4.74 Å². The summed E-state index contributed by atoms with van der Waals surface area (Å²) in [6, 6.07) is 11.9. The fourth-order valence-corrected chi connectivity index (χ4v) is 5.83. The van der Waals surface area contributed by atoms with Gasteiger partial charge in [-0.2, -0.15) is 5.26 Å². The Hall–Kier alpha value is -2.79. The Morgan fingerprint density at radius 3 is 2.69 bits per heavy atom. The Labute approximate surface area is 214 Å². The van der Waals surface area contributed by atoms with Crippen molar-refractivity contribution in [1.29, 1.82) is 5.26 Å². The van der Waals surface area contributed by atoms with Gasteiger partial charge in [-0.1, -0.05) is 43.1 Å². The van der Waals surface area contributed by atoms with Gasteiger partial charge in [0.25, 0.3) is 5.56 Å². The fourth-order valence-electron chi connectivity index (χ4n) is 5.52. The summed E-state index contributed by atoms with van der Waals surface area (Å²) in [5.41, 5.74) is 3.30. The van der Waals surface area contributed by atoms with Crippen molar-refractivity contribution in [2.75, 3.05) is 24.6 Å². The Balaban J connectivity index is 1.58. The summed E-state index contributed by atoms with van der Waals surface area (Å²) in [5, 5.41) is 10.6. The minimum atomic E-state index is -0.185. The first-order valence-corrected chi connectivity index (χ1v) is 12.7. The van der Waals surface area contributed by atoms with Gasteiger partial charge >= 0.3 is 0 Å². The van der Waals surface area contributed by atoms with E-state index in [1.807, 2.05) is 12.1 Å². The van der Waals surface area contributed by atoms with Gasteiger partial charge in [-0.3, -0.25) is 9.69 Å². The van der Waals surface area contributed by atoms with Crippen LogP contribution in [0.3, 0.4) is 0 Å². The van der Waals surface area contributed by atoms with E-state index >= 15 is 0 Å². The van der Waals surface area contributed by atoms with Crippen LogP contribution in [0.15, 0.2) is 35.1 Å². The third-order valence-corrected chi connectivity index (χ3v) is 8.06. The van der Waals surface area contributed by atoms with E-state index in [-0.39, 0.29) is 23.7 Å². The monoisotopic (exact) mass is 511 g/mol. The number of piperazine rings is 1. The molecule has 9 heteroatoms. The van der Waals surface area contributed by atoms with E-state index in [9.17, 15) is 10.1 Å². The van der Waals surface area contributed by atoms with E-state index in [0.29, 0.717) is 44.8 Å². The van der Waals surface area contributed by atoms with Crippen molar-refractivity contribution in [3.05, 3.63) is 62.0 Å². The lowest BCUT2D eigenvalue weighted by Crippen LogP contribution is -2.62. The number of ether oxygens (including phenoxy) is 1. The highest BCUT2D eigenvalue weighted by Gasteiger charge is 2.42. The first-order valence-electron chi connectivity index (χ1n) is 11.9. The molecule has 3 aromatic rings. The molecule has 1 saturated heterocycles. The van der Waals surface area contributed by atoms with Gasteiger partial charge in [0.15, 0.2) is 0 Å². The first-order chi connectivity index (χ1) is 16.9. The lowest BCUT2D eigenvalue weighted by molar-refractivity contribution is 0.0720. The second-order valence-corrected chi connectivity index (χ2v) is 10.0. The maximum Gasteiger partial charge on any atom is 0.295 e. The van der Waals surface area contributed by atoms with Crippen molar-refractivity contribution in [2.45, 2.75) is 44.8 Å². The smallest absolute Gasteiger partial charge is 0.295 e. The van der Waals surface area contributed by atoms with Gasteiger partial charge in [-0.05, 0) is 42.7 Å². The number of nitrogens with zero attached hydrogens (tertiary/aromatic N) is 5. The average molecular weight is 512 g/mol. The largest absolute Gasteiger partial charge is 0.484 e. The lowest BCUT2D eigenvalue weighted by atomic mass is 9.95. The van der Waals surface area contributed by atoms with Crippen molar-refractivity contribution in [2.24, 2.45) is 7.05 Å². The minimum Gasteiger partial charge on any atom is -0.484 e. The van der Waals surface area contributed by atoms with Gasteiger partial charge in [0.1, 0.15) is 29.6 Å². The van der Waals surface area contributed by atoms with Gasteiger partial charge in [0.2, 0.25) is 5.75 Å². The van der Waals surface area contributed by atoms with E-state index in [1.54, 1.807) is 23.7 Å². The van der Waals surface area contributed by atoms with E-state index < -0.39 is 0 Å². The van der Waals surface area contributed by atoms with Gasteiger partial charge in [0, 0.05) is 32.2 Å². The predicted molar refractivity (Wildman–Crippen MR) is 139 cm³/mol. The standard InChI is InChI=1S/C26H27Cl2N5O2/c1-4-17-12-33-18(13-32(17)21(5-2)15-6-8-19(27)20(28)10-15)14-35-25-24(33)23-22(31(3)26(25)34)9-7-16(11-29)30-23/h6-10,17-18,21H,4-5,12-14H2,1-3H3/t17-,18+,21+/m1/s1. The molecule has 5 rings (SSSR count). The van der Waals surface area contributed by atoms with E-state index in [1.165, 1.54) is 0 Å². The molecule has 1 fully saturated rings. The maximum atomic E-state index is 13.2. The molecule has 0 unspecified atom stereocenters. The van der Waals surface area contributed by atoms with Crippen molar-refractivity contribution >= 4 is 39.9 Å². The Kier molecular flexibility index (Phi) is 6.39. The van der Waals surface area contributed by atoms with Crippen LogP contribution in [0, 0.1) is 11.3 Å². The van der Waals surface area contributed by atoms with Crippen molar-refractivity contribution in [3.63, 3.8) is 0 Å². The number of anilines is 1. The third-order valence-electron chi connectivity index (χ3n) is 7.32. The van der Waals surface area contributed by atoms with Crippen LogP contribution < -0.4 is 15.2 Å². The van der Waals surface area contributed by atoms with Crippen molar-refractivity contribution in [1.82, 2.24) is 14.5 Å². The first kappa shape index (κ1) is 23.9. The number of pyridine rings is 2. The predicted octanol–water partition coefficient (Wildman–Crippen LogP) is 4.92. The molecule has 7 nitrogen and oxygen atoms in total. The number of halogens is 2. The molecule has 0 spiro atoms. The zero-order valence-corrected chi connectivity index (χ0v) is 21.5. The van der Waals surface area contributed by atoms with Gasteiger partial charge in [-0.15, -0.1) is 0 Å². The van der Waals surface area contributed by atoms with Crippen LogP contribution in [0.25, 0.3) is 11.0 Å². The second-order valence-electron chi connectivity index (χ2n) is 9.19. The molecule has 0 amide bonds. The normalized spacial score (nSPS) is 20.6. The highest BCUT2D eigenvalue weighted by molar-refractivity contribution is 6.42. The highest BCUT2D eigenvalue weighted by Crippen LogP contribution is 2.41. The number of hydrogen-bond donors (Lipinski definition) is 0.